The van der Waals surface area contributed by atoms with E-state index in [9.17, 15) is 19.2 Å². The Hall–Kier alpha value is -3.94. The highest BCUT2D eigenvalue weighted by atomic mass is 16.5. The van der Waals surface area contributed by atoms with Gasteiger partial charge in [0.15, 0.2) is 0 Å². The molecule has 1 aliphatic carbocycles. The van der Waals surface area contributed by atoms with Gasteiger partial charge >= 0.3 is 5.97 Å². The van der Waals surface area contributed by atoms with E-state index in [1.165, 1.54) is 5.01 Å². The highest BCUT2D eigenvalue weighted by Gasteiger charge is 2.42. The highest BCUT2D eigenvalue weighted by molar-refractivity contribution is 6.07. The van der Waals surface area contributed by atoms with Crippen LogP contribution in [0.25, 0.3) is 0 Å². The van der Waals surface area contributed by atoms with E-state index in [0.717, 1.165) is 6.42 Å². The standard InChI is InChI=1S/C25H25N3O5/c1-2-14-33-25(32)16-10-12-18(13-11-16)26-22(29)17-6-5-7-19(15-17)28-24(31)21-9-4-3-8-20(21)23(30)27-28/h3-7,10-13,15,20-21H,2,8-9,14H2,1H3,(H,26,29)(H,27,30). The number of anilines is 2. The Morgan fingerprint density at radius 3 is 2.48 bits per heavy atom. The second-order valence-electron chi connectivity index (χ2n) is 8.02. The third-order valence-electron chi connectivity index (χ3n) is 5.71. The molecule has 0 bridgehead atoms. The maximum Gasteiger partial charge on any atom is 0.338 e. The third-order valence-corrected chi connectivity index (χ3v) is 5.71. The lowest BCUT2D eigenvalue weighted by Gasteiger charge is -2.38. The van der Waals surface area contributed by atoms with Crippen LogP contribution < -0.4 is 15.8 Å². The van der Waals surface area contributed by atoms with Gasteiger partial charge in [-0.25, -0.2) is 9.80 Å². The fourth-order valence-electron chi connectivity index (χ4n) is 3.94. The van der Waals surface area contributed by atoms with E-state index in [-0.39, 0.29) is 23.6 Å². The number of nitrogens with one attached hydrogen (secondary N) is 2. The number of rotatable bonds is 6. The summed E-state index contributed by atoms with van der Waals surface area (Å²) in [5.41, 5.74) is 4.32. The summed E-state index contributed by atoms with van der Waals surface area (Å²) >= 11 is 0. The first-order valence-electron chi connectivity index (χ1n) is 11.0. The maximum absolute atomic E-state index is 13.0. The normalized spacial score (nSPS) is 19.5. The van der Waals surface area contributed by atoms with Gasteiger partial charge in [0.25, 0.3) is 5.91 Å². The minimum atomic E-state index is -0.411. The average molecular weight is 447 g/mol. The van der Waals surface area contributed by atoms with E-state index in [1.807, 2.05) is 19.1 Å². The van der Waals surface area contributed by atoms with Crippen LogP contribution in [0.4, 0.5) is 11.4 Å². The van der Waals surface area contributed by atoms with E-state index in [1.54, 1.807) is 48.5 Å². The van der Waals surface area contributed by atoms with Gasteiger partial charge in [-0.05, 0) is 61.7 Å². The van der Waals surface area contributed by atoms with Crippen LogP contribution in [0.15, 0.2) is 60.7 Å². The molecule has 2 aromatic rings. The molecule has 8 heteroatoms. The van der Waals surface area contributed by atoms with Gasteiger partial charge in [-0.1, -0.05) is 25.1 Å². The van der Waals surface area contributed by atoms with Crippen LogP contribution in [-0.2, 0) is 14.3 Å². The van der Waals surface area contributed by atoms with E-state index in [4.69, 9.17) is 4.74 Å². The molecule has 3 amide bonds. The Morgan fingerprint density at radius 2 is 1.76 bits per heavy atom. The Labute approximate surface area is 191 Å². The molecule has 170 valence electrons. The van der Waals surface area contributed by atoms with E-state index < -0.39 is 11.9 Å². The first-order valence-corrected chi connectivity index (χ1v) is 11.0. The molecule has 2 atom stereocenters. The summed E-state index contributed by atoms with van der Waals surface area (Å²) in [6.45, 7) is 2.27. The van der Waals surface area contributed by atoms with Crippen molar-refractivity contribution in [3.63, 3.8) is 0 Å². The molecular weight excluding hydrogens is 422 g/mol. The van der Waals surface area contributed by atoms with Gasteiger partial charge in [0.2, 0.25) is 11.8 Å². The van der Waals surface area contributed by atoms with Crippen molar-refractivity contribution in [2.24, 2.45) is 11.8 Å². The molecule has 2 unspecified atom stereocenters. The molecule has 1 saturated heterocycles. The van der Waals surface area contributed by atoms with Crippen LogP contribution in [0, 0.1) is 11.8 Å². The zero-order valence-corrected chi connectivity index (χ0v) is 18.2. The van der Waals surface area contributed by atoms with E-state index in [2.05, 4.69) is 10.7 Å². The van der Waals surface area contributed by atoms with Crippen LogP contribution in [0.2, 0.25) is 0 Å². The molecule has 0 spiro atoms. The molecule has 0 saturated carbocycles. The molecular formula is C25H25N3O5. The Kier molecular flexibility index (Phi) is 6.53. The van der Waals surface area contributed by atoms with Gasteiger partial charge in [0.1, 0.15) is 0 Å². The van der Waals surface area contributed by atoms with Gasteiger partial charge in [0, 0.05) is 11.3 Å². The molecule has 1 heterocycles. The molecule has 1 fully saturated rings. The first-order chi connectivity index (χ1) is 16.0. The quantitative estimate of drug-likeness (QED) is 0.521. The van der Waals surface area contributed by atoms with Gasteiger partial charge in [-0.3, -0.25) is 19.8 Å². The number of hydrogen-bond donors (Lipinski definition) is 2. The van der Waals surface area contributed by atoms with Gasteiger partial charge < -0.3 is 10.1 Å². The number of fused-ring (bicyclic) bond motifs is 1. The summed E-state index contributed by atoms with van der Waals surface area (Å²) in [7, 11) is 0. The van der Waals surface area contributed by atoms with Gasteiger partial charge in [0.05, 0.1) is 29.7 Å². The smallest absolute Gasteiger partial charge is 0.338 e. The van der Waals surface area contributed by atoms with Gasteiger partial charge in [-0.2, -0.15) is 0 Å². The predicted molar refractivity (Wildman–Crippen MR) is 122 cm³/mol. The number of ether oxygens (including phenoxy) is 1. The number of allylic oxidation sites excluding steroid dienone is 2. The lowest BCUT2D eigenvalue weighted by atomic mass is 9.80. The fourth-order valence-corrected chi connectivity index (χ4v) is 3.94. The van der Waals surface area contributed by atoms with Crippen molar-refractivity contribution in [2.45, 2.75) is 26.2 Å². The third kappa shape index (κ3) is 4.79. The van der Waals surface area contributed by atoms with Crippen LogP contribution in [0.1, 0.15) is 46.9 Å². The van der Waals surface area contributed by atoms with Crippen molar-refractivity contribution in [1.29, 1.82) is 0 Å². The summed E-state index contributed by atoms with van der Waals surface area (Å²) in [5.74, 6) is -1.93. The van der Waals surface area contributed by atoms with E-state index in [0.29, 0.717) is 42.0 Å². The number of amides is 3. The lowest BCUT2D eigenvalue weighted by Crippen LogP contribution is -2.59. The van der Waals surface area contributed by atoms with Crippen molar-refractivity contribution in [3.8, 4) is 0 Å². The number of hydrogen-bond acceptors (Lipinski definition) is 5. The number of nitrogens with zero attached hydrogens (tertiary/aromatic N) is 1. The summed E-state index contributed by atoms with van der Waals surface area (Å²) < 4.78 is 5.10. The fraction of sp³-hybridized carbons (Fsp3) is 0.280. The monoisotopic (exact) mass is 447 g/mol. The number of benzene rings is 2. The predicted octanol–water partition coefficient (Wildman–Crippen LogP) is 3.47. The van der Waals surface area contributed by atoms with E-state index >= 15 is 0 Å². The SMILES string of the molecule is CCCOC(=O)c1ccc(NC(=O)c2cccc(N3NC(=O)C4CC=CCC4C3=O)c2)cc1. The molecule has 4 rings (SSSR count). The zero-order chi connectivity index (χ0) is 23.4. The van der Waals surface area contributed by atoms with Crippen molar-refractivity contribution in [2.75, 3.05) is 16.9 Å². The van der Waals surface area contributed by atoms with Crippen LogP contribution in [-0.4, -0.2) is 30.3 Å². The number of hydrazine groups is 1. The number of esters is 1. The molecule has 8 nitrogen and oxygen atoms in total. The average Bonchev–Trinajstić information content (AvgIpc) is 2.85. The molecule has 1 aliphatic heterocycles. The Morgan fingerprint density at radius 1 is 1.03 bits per heavy atom. The van der Waals surface area contributed by atoms with Crippen molar-refractivity contribution < 1.29 is 23.9 Å². The molecule has 2 N–H and O–H groups in total. The molecule has 0 aromatic heterocycles. The number of carbonyl (C=O) groups is 4. The Bertz CT molecular complexity index is 1110. The second kappa shape index (κ2) is 9.68. The second-order valence-corrected chi connectivity index (χ2v) is 8.02. The van der Waals surface area contributed by atoms with Crippen molar-refractivity contribution >= 4 is 35.1 Å². The van der Waals surface area contributed by atoms with Crippen LogP contribution >= 0.6 is 0 Å². The summed E-state index contributed by atoms with van der Waals surface area (Å²) in [6.07, 6.45) is 5.66. The first kappa shape index (κ1) is 22.3. The summed E-state index contributed by atoms with van der Waals surface area (Å²) in [6, 6.07) is 12.9. The largest absolute Gasteiger partial charge is 0.462 e. The Balaban J connectivity index is 1.46. The zero-order valence-electron chi connectivity index (χ0n) is 18.2. The van der Waals surface area contributed by atoms with Crippen molar-refractivity contribution in [1.82, 2.24) is 5.43 Å². The molecule has 0 radical (unpaired) electrons. The maximum atomic E-state index is 13.0. The van der Waals surface area contributed by atoms with Gasteiger partial charge in [-0.15, -0.1) is 0 Å². The minimum Gasteiger partial charge on any atom is -0.462 e. The highest BCUT2D eigenvalue weighted by Crippen LogP contribution is 2.32. The molecule has 2 aliphatic rings. The lowest BCUT2D eigenvalue weighted by molar-refractivity contribution is -0.139. The summed E-state index contributed by atoms with van der Waals surface area (Å²) in [4.78, 5) is 50.2. The topological polar surface area (TPSA) is 105 Å². The molecule has 33 heavy (non-hydrogen) atoms. The van der Waals surface area contributed by atoms with Crippen molar-refractivity contribution in [3.05, 3.63) is 71.8 Å². The number of carbonyl (C=O) groups excluding carboxylic acids is 4. The minimum absolute atomic E-state index is 0.188. The van der Waals surface area contributed by atoms with Crippen LogP contribution in [0.5, 0.6) is 0 Å². The molecule has 2 aromatic carbocycles. The van der Waals surface area contributed by atoms with Crippen LogP contribution in [0.3, 0.4) is 0 Å². The summed E-state index contributed by atoms with van der Waals surface area (Å²) in [5, 5.41) is 4.00.